The van der Waals surface area contributed by atoms with Gasteiger partial charge in [0.25, 0.3) is 0 Å². The number of fused-ring (bicyclic) bond motifs is 1. The Labute approximate surface area is 133 Å². The summed E-state index contributed by atoms with van der Waals surface area (Å²) in [6.45, 7) is 1.44. The topological polar surface area (TPSA) is 64.4 Å². The number of hydrogen-bond donors (Lipinski definition) is 1. The second-order valence-corrected chi connectivity index (χ2v) is 5.55. The van der Waals surface area contributed by atoms with Gasteiger partial charge in [0.2, 0.25) is 11.8 Å². The summed E-state index contributed by atoms with van der Waals surface area (Å²) in [5, 5.41) is 2.59. The minimum absolute atomic E-state index is 0.157. The first kappa shape index (κ1) is 15.7. The number of rotatable bonds is 2. The summed E-state index contributed by atoms with van der Waals surface area (Å²) in [7, 11) is 1.38. The number of hydrogen-bond acceptors (Lipinski definition) is 4. The van der Waals surface area contributed by atoms with Crippen molar-refractivity contribution in [2.24, 2.45) is 0 Å². The molecule has 9 heteroatoms. The molecule has 0 fully saturated rings. The van der Waals surface area contributed by atoms with Crippen molar-refractivity contribution >= 4 is 23.4 Å². The second-order valence-electron chi connectivity index (χ2n) is 5.12. The molecule has 1 aromatic heterocycles. The molecule has 0 aliphatic carbocycles. The number of benzene rings is 1. The Morgan fingerprint density at radius 2 is 2.09 bits per heavy atom. The lowest BCUT2D eigenvalue weighted by atomic mass is 9.80. The normalized spacial score (nSPS) is 20.3. The molecule has 23 heavy (non-hydrogen) atoms. The molecule has 5 nitrogen and oxygen atoms in total. The van der Waals surface area contributed by atoms with Gasteiger partial charge in [-0.15, -0.1) is 0 Å². The predicted octanol–water partition coefficient (Wildman–Crippen LogP) is 3.61. The van der Waals surface area contributed by atoms with Crippen molar-refractivity contribution in [3.63, 3.8) is 0 Å². The Hall–Kier alpha value is -2.22. The summed E-state index contributed by atoms with van der Waals surface area (Å²) >= 11 is 5.96. The first-order chi connectivity index (χ1) is 10.7. The Morgan fingerprint density at radius 3 is 2.70 bits per heavy atom. The van der Waals surface area contributed by atoms with Crippen LogP contribution in [0.4, 0.5) is 19.1 Å². The van der Waals surface area contributed by atoms with E-state index in [1.807, 2.05) is 0 Å². The van der Waals surface area contributed by atoms with E-state index in [2.05, 4.69) is 14.7 Å². The van der Waals surface area contributed by atoms with Gasteiger partial charge in [-0.2, -0.15) is 13.2 Å². The van der Waals surface area contributed by atoms with Crippen LogP contribution in [0.3, 0.4) is 0 Å². The van der Waals surface area contributed by atoms with Crippen LogP contribution >= 0.6 is 11.6 Å². The zero-order valence-corrected chi connectivity index (χ0v) is 12.7. The molecule has 0 spiro atoms. The van der Waals surface area contributed by atoms with E-state index in [0.29, 0.717) is 16.3 Å². The molecule has 1 N–H and O–H groups in total. The largest absolute Gasteiger partial charge is 0.496 e. The lowest BCUT2D eigenvalue weighted by Crippen LogP contribution is -2.33. The molecule has 0 radical (unpaired) electrons. The van der Waals surface area contributed by atoms with Gasteiger partial charge in [-0.05, 0) is 25.1 Å². The SMILES string of the molecule is COc1ccc(Cl)cc1[C@]1(C)C(=O)Nc2oc(C(F)(F)F)nc21. The second kappa shape index (κ2) is 4.89. The Morgan fingerprint density at radius 1 is 1.39 bits per heavy atom. The Kier molecular flexibility index (Phi) is 3.33. The number of halogens is 4. The smallest absolute Gasteiger partial charge is 0.469 e. The molecule has 1 aromatic carbocycles. The number of nitrogens with zero attached hydrogens (tertiary/aromatic N) is 1. The first-order valence-corrected chi connectivity index (χ1v) is 6.79. The van der Waals surface area contributed by atoms with Gasteiger partial charge >= 0.3 is 12.1 Å². The highest BCUT2D eigenvalue weighted by atomic mass is 35.5. The van der Waals surface area contributed by atoms with Gasteiger partial charge in [0, 0.05) is 10.6 Å². The summed E-state index contributed by atoms with van der Waals surface area (Å²) in [6, 6.07) is 4.53. The third-order valence-corrected chi connectivity index (χ3v) is 3.96. The van der Waals surface area contributed by atoms with E-state index in [9.17, 15) is 18.0 Å². The highest BCUT2D eigenvalue weighted by Crippen LogP contribution is 2.47. The number of ether oxygens (including phenoxy) is 1. The maximum absolute atomic E-state index is 12.8. The number of carbonyl (C=O) groups excluding carboxylic acids is 1. The van der Waals surface area contributed by atoms with Crippen LogP contribution in [-0.2, 0) is 16.4 Å². The van der Waals surface area contributed by atoms with Gasteiger partial charge in [-0.25, -0.2) is 4.98 Å². The summed E-state index contributed by atoms with van der Waals surface area (Å²) in [5.74, 6) is -2.02. The predicted molar refractivity (Wildman–Crippen MR) is 74.6 cm³/mol. The number of amides is 1. The minimum atomic E-state index is -4.76. The lowest BCUT2D eigenvalue weighted by molar-refractivity contribution is -0.157. The molecular formula is C14H10ClF3N2O3. The molecule has 1 aliphatic heterocycles. The number of carbonyl (C=O) groups is 1. The van der Waals surface area contributed by atoms with Crippen molar-refractivity contribution in [2.75, 3.05) is 12.4 Å². The fourth-order valence-corrected chi connectivity index (χ4v) is 2.69. The molecule has 0 saturated carbocycles. The van der Waals surface area contributed by atoms with E-state index in [1.165, 1.54) is 26.2 Å². The van der Waals surface area contributed by atoms with Crippen molar-refractivity contribution in [1.82, 2.24) is 4.98 Å². The molecule has 0 saturated heterocycles. The zero-order valence-electron chi connectivity index (χ0n) is 11.9. The summed E-state index contributed by atoms with van der Waals surface area (Å²) in [6.07, 6.45) is -4.76. The summed E-state index contributed by atoms with van der Waals surface area (Å²) in [5.41, 5.74) is -1.38. The Balaban J connectivity index is 2.22. The van der Waals surface area contributed by atoms with Crippen molar-refractivity contribution in [3.8, 4) is 5.75 Å². The minimum Gasteiger partial charge on any atom is -0.496 e. The van der Waals surface area contributed by atoms with Crippen molar-refractivity contribution < 1.29 is 27.1 Å². The number of methoxy groups -OCH3 is 1. The van der Waals surface area contributed by atoms with E-state index in [-0.39, 0.29) is 11.6 Å². The molecule has 122 valence electrons. The fraction of sp³-hybridized carbons (Fsp3) is 0.286. The number of alkyl halides is 3. The Bertz CT molecular complexity index is 803. The van der Waals surface area contributed by atoms with Gasteiger partial charge in [0.15, 0.2) is 0 Å². The van der Waals surface area contributed by atoms with Crippen molar-refractivity contribution in [1.29, 1.82) is 0 Å². The standard InChI is InChI=1S/C14H10ClF3N2O3/c1-13(7-5-6(15)3-4-8(7)22-2)9-10(20-11(13)21)23-12(19-9)14(16,17)18/h3-5H,1-2H3,(H,20,21)/t13-/m0/s1. The van der Waals surface area contributed by atoms with Crippen LogP contribution in [0.25, 0.3) is 0 Å². The zero-order chi connectivity index (χ0) is 17.0. The lowest BCUT2D eigenvalue weighted by Gasteiger charge is -2.23. The van der Waals surface area contributed by atoms with Crippen LogP contribution < -0.4 is 10.1 Å². The third-order valence-electron chi connectivity index (χ3n) is 3.72. The van der Waals surface area contributed by atoms with Crippen LogP contribution in [0.1, 0.15) is 24.1 Å². The van der Waals surface area contributed by atoms with Gasteiger partial charge in [-0.3, -0.25) is 10.1 Å². The molecule has 3 rings (SSSR count). The molecular weight excluding hydrogens is 337 g/mol. The molecule has 1 amide bonds. The molecule has 1 aliphatic rings. The monoisotopic (exact) mass is 346 g/mol. The molecule has 2 aromatic rings. The quantitative estimate of drug-likeness (QED) is 0.902. The van der Waals surface area contributed by atoms with Gasteiger partial charge in [0.05, 0.1) is 7.11 Å². The van der Waals surface area contributed by atoms with Gasteiger partial charge in [-0.1, -0.05) is 11.6 Å². The fourth-order valence-electron chi connectivity index (χ4n) is 2.52. The number of oxazole rings is 1. The van der Waals surface area contributed by atoms with E-state index < -0.39 is 23.4 Å². The van der Waals surface area contributed by atoms with Gasteiger partial charge < -0.3 is 9.15 Å². The van der Waals surface area contributed by atoms with Crippen LogP contribution in [-0.4, -0.2) is 18.0 Å². The summed E-state index contributed by atoms with van der Waals surface area (Å²) in [4.78, 5) is 15.8. The van der Waals surface area contributed by atoms with Crippen LogP contribution in [0.5, 0.6) is 5.75 Å². The van der Waals surface area contributed by atoms with Crippen LogP contribution in [0.2, 0.25) is 5.02 Å². The van der Waals surface area contributed by atoms with E-state index in [1.54, 1.807) is 6.07 Å². The highest BCUT2D eigenvalue weighted by Gasteiger charge is 2.52. The third kappa shape index (κ3) is 2.24. The maximum atomic E-state index is 12.8. The van der Waals surface area contributed by atoms with Crippen LogP contribution in [0.15, 0.2) is 22.6 Å². The molecule has 0 bridgehead atoms. The number of anilines is 1. The summed E-state index contributed by atoms with van der Waals surface area (Å²) < 4.78 is 48.2. The van der Waals surface area contributed by atoms with E-state index >= 15 is 0 Å². The molecule has 2 heterocycles. The highest BCUT2D eigenvalue weighted by molar-refractivity contribution is 6.30. The van der Waals surface area contributed by atoms with E-state index in [0.717, 1.165) is 0 Å². The average molecular weight is 347 g/mol. The maximum Gasteiger partial charge on any atom is 0.469 e. The number of nitrogens with one attached hydrogen (secondary N) is 1. The average Bonchev–Trinajstić information content (AvgIpc) is 2.99. The molecule has 0 unspecified atom stereocenters. The van der Waals surface area contributed by atoms with Gasteiger partial charge in [0.1, 0.15) is 16.9 Å². The molecule has 1 atom stereocenters. The first-order valence-electron chi connectivity index (χ1n) is 6.42. The van der Waals surface area contributed by atoms with E-state index in [4.69, 9.17) is 16.3 Å². The number of aromatic nitrogens is 1. The van der Waals surface area contributed by atoms with Crippen LogP contribution in [0, 0.1) is 0 Å². The van der Waals surface area contributed by atoms with Crippen molar-refractivity contribution in [2.45, 2.75) is 18.5 Å². The van der Waals surface area contributed by atoms with Crippen molar-refractivity contribution in [3.05, 3.63) is 40.4 Å².